The number of azide groups is 1. The van der Waals surface area contributed by atoms with E-state index in [1.54, 1.807) is 6.92 Å². The van der Waals surface area contributed by atoms with Gasteiger partial charge in [-0.2, -0.15) is 0 Å². The molecule has 0 aromatic carbocycles. The van der Waals surface area contributed by atoms with Crippen LogP contribution >= 0.6 is 7.75 Å². The molecule has 1 aliphatic heterocycles. The van der Waals surface area contributed by atoms with E-state index < -0.39 is 49.4 Å². The molecule has 14 nitrogen and oxygen atoms in total. The highest BCUT2D eigenvalue weighted by Gasteiger charge is 2.39. The maximum absolute atomic E-state index is 12.9. The Morgan fingerprint density at radius 1 is 1.52 bits per heavy atom. The lowest BCUT2D eigenvalue weighted by atomic mass is 10.1. The molecule has 15 heteroatoms. The zero-order chi connectivity index (χ0) is 23.2. The SMILES string of the molecule is CCOP(=O)(N[C@@H](C)C(=O)OC)OC[C@H]1O[C@@H](n2cc(C)c(=O)[nH]c2=O)C[C@@H]1N=[N+]=[N-]. The van der Waals surface area contributed by atoms with Gasteiger partial charge in [-0.25, -0.2) is 14.4 Å². The summed E-state index contributed by atoms with van der Waals surface area (Å²) >= 11 is 0. The van der Waals surface area contributed by atoms with Gasteiger partial charge in [0.2, 0.25) is 0 Å². The number of esters is 1. The Balaban J connectivity index is 2.18. The summed E-state index contributed by atoms with van der Waals surface area (Å²) in [6, 6.07) is -1.72. The van der Waals surface area contributed by atoms with E-state index >= 15 is 0 Å². The van der Waals surface area contributed by atoms with Crippen molar-refractivity contribution < 1.29 is 27.9 Å². The molecule has 0 aliphatic carbocycles. The fourth-order valence-corrected chi connectivity index (χ4v) is 4.43. The monoisotopic (exact) mass is 460 g/mol. The average Bonchev–Trinajstić information content (AvgIpc) is 3.11. The van der Waals surface area contributed by atoms with Gasteiger partial charge in [-0.15, -0.1) is 0 Å². The molecule has 1 aliphatic rings. The minimum Gasteiger partial charge on any atom is -0.468 e. The van der Waals surface area contributed by atoms with Crippen LogP contribution in [0.5, 0.6) is 0 Å². The second kappa shape index (κ2) is 10.7. The van der Waals surface area contributed by atoms with Crippen molar-refractivity contribution in [3.05, 3.63) is 43.0 Å². The van der Waals surface area contributed by atoms with E-state index in [0.29, 0.717) is 5.56 Å². The summed E-state index contributed by atoms with van der Waals surface area (Å²) in [6.07, 6.45) is -0.258. The second-order valence-corrected chi connectivity index (χ2v) is 8.47. The number of aromatic nitrogens is 2. The zero-order valence-corrected chi connectivity index (χ0v) is 18.4. The Morgan fingerprint density at radius 2 is 2.23 bits per heavy atom. The molecule has 0 radical (unpaired) electrons. The van der Waals surface area contributed by atoms with Gasteiger partial charge in [0.15, 0.2) is 0 Å². The summed E-state index contributed by atoms with van der Waals surface area (Å²) < 4.78 is 35.1. The highest BCUT2D eigenvalue weighted by Crippen LogP contribution is 2.45. The van der Waals surface area contributed by atoms with Crippen molar-refractivity contribution in [3.8, 4) is 0 Å². The zero-order valence-electron chi connectivity index (χ0n) is 17.5. The van der Waals surface area contributed by atoms with Crippen LogP contribution in [-0.4, -0.2) is 54.0 Å². The molecule has 1 aromatic rings. The number of aromatic amines is 1. The van der Waals surface area contributed by atoms with Gasteiger partial charge in [-0.05, 0) is 26.3 Å². The molecule has 0 saturated carbocycles. The minimum atomic E-state index is -3.94. The van der Waals surface area contributed by atoms with E-state index in [1.165, 1.54) is 31.7 Å². The number of ether oxygens (including phenoxy) is 2. The normalized spacial score (nSPS) is 23.5. The molecule has 0 bridgehead atoms. The van der Waals surface area contributed by atoms with Crippen LogP contribution < -0.4 is 16.3 Å². The molecule has 2 N–H and O–H groups in total. The number of carbonyl (C=O) groups is 1. The number of nitrogens with zero attached hydrogens (tertiary/aromatic N) is 4. The van der Waals surface area contributed by atoms with Crippen molar-refractivity contribution in [3.63, 3.8) is 0 Å². The predicted molar refractivity (Wildman–Crippen MR) is 107 cm³/mol. The van der Waals surface area contributed by atoms with Crippen LogP contribution in [0.15, 0.2) is 20.9 Å². The van der Waals surface area contributed by atoms with Gasteiger partial charge in [0.25, 0.3) is 5.56 Å². The van der Waals surface area contributed by atoms with Crippen molar-refractivity contribution in [1.82, 2.24) is 14.6 Å². The third kappa shape index (κ3) is 6.26. The van der Waals surface area contributed by atoms with Crippen molar-refractivity contribution in [2.75, 3.05) is 20.3 Å². The molecule has 1 fully saturated rings. The Hall–Kier alpha value is -2.47. The van der Waals surface area contributed by atoms with E-state index in [2.05, 4.69) is 24.8 Å². The predicted octanol–water partition coefficient (Wildman–Crippen LogP) is 1.12. The Kier molecular flexibility index (Phi) is 8.57. The van der Waals surface area contributed by atoms with Crippen molar-refractivity contribution in [2.24, 2.45) is 5.11 Å². The fraction of sp³-hybridized carbons (Fsp3) is 0.688. The van der Waals surface area contributed by atoms with E-state index in [0.717, 1.165) is 0 Å². The lowest BCUT2D eigenvalue weighted by Gasteiger charge is -2.24. The van der Waals surface area contributed by atoms with Gasteiger partial charge in [0, 0.05) is 23.1 Å². The smallest absolute Gasteiger partial charge is 0.406 e. The third-order valence-corrected chi connectivity index (χ3v) is 6.27. The van der Waals surface area contributed by atoms with Crippen LogP contribution in [0.4, 0.5) is 0 Å². The van der Waals surface area contributed by atoms with Crippen molar-refractivity contribution in [1.29, 1.82) is 0 Å². The first-order chi connectivity index (χ1) is 14.6. The summed E-state index contributed by atoms with van der Waals surface area (Å²) in [5.41, 5.74) is 7.95. The first-order valence-electron chi connectivity index (χ1n) is 9.40. The van der Waals surface area contributed by atoms with E-state index in [9.17, 15) is 18.9 Å². The largest absolute Gasteiger partial charge is 0.468 e. The molecule has 0 amide bonds. The molecule has 1 saturated heterocycles. The molecule has 0 spiro atoms. The van der Waals surface area contributed by atoms with Crippen LogP contribution in [0.2, 0.25) is 0 Å². The lowest BCUT2D eigenvalue weighted by Crippen LogP contribution is -2.35. The number of hydrogen-bond acceptors (Lipinski definition) is 9. The van der Waals surface area contributed by atoms with Gasteiger partial charge < -0.3 is 9.47 Å². The first kappa shape index (κ1) is 24.8. The molecule has 1 unspecified atom stereocenters. The molecule has 31 heavy (non-hydrogen) atoms. The fourth-order valence-electron chi connectivity index (χ4n) is 2.94. The van der Waals surface area contributed by atoms with Crippen LogP contribution in [-0.2, 0) is 27.9 Å². The highest BCUT2D eigenvalue weighted by molar-refractivity contribution is 7.51. The summed E-state index contributed by atoms with van der Waals surface area (Å²) in [4.78, 5) is 40.3. The number of carbonyl (C=O) groups excluding carboxylic acids is 1. The molecular weight excluding hydrogens is 435 g/mol. The topological polar surface area (TPSA) is 187 Å². The summed E-state index contributed by atoms with van der Waals surface area (Å²) in [5.74, 6) is -0.666. The lowest BCUT2D eigenvalue weighted by molar-refractivity contribution is -0.142. The minimum absolute atomic E-state index is 0.0259. The number of rotatable bonds is 10. The number of methoxy groups -OCH3 is 1. The van der Waals surface area contributed by atoms with Gasteiger partial charge in [0.05, 0.1) is 32.5 Å². The standard InChI is InChI=1S/C16H25N6O8P/c1-5-28-31(26,20-10(3)15(24)27-4)29-8-12-11(19-21-17)6-13(30-12)22-7-9(2)14(23)18-16(22)25/h7,10-13H,5-6,8H2,1-4H3,(H,20,26)(H,18,23,25)/t10-,11-,12+,13+,31?/m0/s1. The maximum atomic E-state index is 12.9. The molecular formula is C16H25N6O8P. The molecule has 2 rings (SSSR count). The van der Waals surface area contributed by atoms with Gasteiger partial charge in [-0.3, -0.25) is 28.2 Å². The number of H-pyrrole nitrogens is 1. The van der Waals surface area contributed by atoms with E-state index in [4.69, 9.17) is 19.3 Å². The number of nitrogens with one attached hydrogen (secondary N) is 2. The molecule has 1 aromatic heterocycles. The molecule has 172 valence electrons. The summed E-state index contributed by atoms with van der Waals surface area (Å²) in [7, 11) is -2.75. The first-order valence-corrected chi connectivity index (χ1v) is 10.9. The van der Waals surface area contributed by atoms with Crippen molar-refractivity contribution >= 4 is 13.7 Å². The highest BCUT2D eigenvalue weighted by atomic mass is 31.2. The summed E-state index contributed by atoms with van der Waals surface area (Å²) in [5, 5.41) is 6.13. The quantitative estimate of drug-likeness (QED) is 0.170. The maximum Gasteiger partial charge on any atom is 0.406 e. The van der Waals surface area contributed by atoms with Gasteiger partial charge >= 0.3 is 19.4 Å². The summed E-state index contributed by atoms with van der Waals surface area (Å²) in [6.45, 7) is 4.25. The Morgan fingerprint density at radius 3 is 2.84 bits per heavy atom. The third-order valence-electron chi connectivity index (χ3n) is 4.47. The van der Waals surface area contributed by atoms with Crippen LogP contribution in [0.1, 0.15) is 32.1 Å². The average molecular weight is 460 g/mol. The van der Waals surface area contributed by atoms with Gasteiger partial charge in [0.1, 0.15) is 12.3 Å². The van der Waals surface area contributed by atoms with Crippen LogP contribution in [0, 0.1) is 6.92 Å². The Bertz CT molecular complexity index is 1000. The van der Waals surface area contributed by atoms with E-state index in [1.807, 2.05) is 0 Å². The van der Waals surface area contributed by atoms with E-state index in [-0.39, 0.29) is 19.6 Å². The van der Waals surface area contributed by atoms with Crippen LogP contribution in [0.25, 0.3) is 10.4 Å². The van der Waals surface area contributed by atoms with Gasteiger partial charge in [-0.1, -0.05) is 5.11 Å². The van der Waals surface area contributed by atoms with Crippen LogP contribution in [0.3, 0.4) is 0 Å². The Labute approximate surface area is 177 Å². The number of aryl methyl sites for hydroxylation is 1. The number of hydrogen-bond donors (Lipinski definition) is 2. The van der Waals surface area contributed by atoms with Crippen molar-refractivity contribution in [2.45, 2.75) is 51.6 Å². The second-order valence-electron chi connectivity index (χ2n) is 6.70. The molecule has 2 heterocycles. The molecule has 5 atom stereocenters.